The van der Waals surface area contributed by atoms with Crippen molar-refractivity contribution in [2.24, 2.45) is 0 Å². The number of benzene rings is 2. The summed E-state index contributed by atoms with van der Waals surface area (Å²) >= 11 is 0. The van der Waals surface area contributed by atoms with Gasteiger partial charge < -0.3 is 5.32 Å². The SMILES string of the molecule is CCC1NCC(C)c2ccc(-c3ccccc3)cc21. The molecule has 2 atom stereocenters. The molecule has 0 radical (unpaired) electrons. The van der Waals surface area contributed by atoms with Crippen molar-refractivity contribution in [2.75, 3.05) is 6.54 Å². The van der Waals surface area contributed by atoms with Gasteiger partial charge in [-0.2, -0.15) is 0 Å². The largest absolute Gasteiger partial charge is 0.309 e. The Morgan fingerprint density at radius 1 is 1.00 bits per heavy atom. The zero-order valence-electron chi connectivity index (χ0n) is 11.7. The molecule has 1 N–H and O–H groups in total. The molecule has 98 valence electrons. The van der Waals surface area contributed by atoms with E-state index in [4.69, 9.17) is 0 Å². The fourth-order valence-electron chi connectivity index (χ4n) is 3.04. The number of hydrogen-bond acceptors (Lipinski definition) is 1. The lowest BCUT2D eigenvalue weighted by Crippen LogP contribution is -2.31. The van der Waals surface area contributed by atoms with Gasteiger partial charge in [0.25, 0.3) is 0 Å². The topological polar surface area (TPSA) is 12.0 Å². The molecule has 1 nitrogen and oxygen atoms in total. The van der Waals surface area contributed by atoms with Crippen LogP contribution in [0.4, 0.5) is 0 Å². The summed E-state index contributed by atoms with van der Waals surface area (Å²) in [7, 11) is 0. The van der Waals surface area contributed by atoms with E-state index in [1.165, 1.54) is 22.3 Å². The van der Waals surface area contributed by atoms with Gasteiger partial charge in [-0.3, -0.25) is 0 Å². The minimum atomic E-state index is 0.509. The van der Waals surface area contributed by atoms with Crippen LogP contribution in [0.1, 0.15) is 43.4 Å². The van der Waals surface area contributed by atoms with Gasteiger partial charge in [0.05, 0.1) is 0 Å². The van der Waals surface area contributed by atoms with Crippen molar-refractivity contribution in [2.45, 2.75) is 32.2 Å². The first kappa shape index (κ1) is 12.4. The third-order valence-electron chi connectivity index (χ3n) is 4.18. The van der Waals surface area contributed by atoms with E-state index < -0.39 is 0 Å². The van der Waals surface area contributed by atoms with E-state index in [9.17, 15) is 0 Å². The van der Waals surface area contributed by atoms with Gasteiger partial charge in [0.2, 0.25) is 0 Å². The lowest BCUT2D eigenvalue weighted by molar-refractivity contribution is 0.458. The molecule has 0 amide bonds. The molecule has 1 heterocycles. The highest BCUT2D eigenvalue weighted by Gasteiger charge is 2.23. The summed E-state index contributed by atoms with van der Waals surface area (Å²) in [6, 6.07) is 18.1. The first-order valence-electron chi connectivity index (χ1n) is 7.22. The minimum absolute atomic E-state index is 0.509. The zero-order chi connectivity index (χ0) is 13.2. The molecule has 1 aliphatic heterocycles. The predicted molar refractivity (Wildman–Crippen MR) is 81.3 cm³/mol. The Labute approximate surface area is 115 Å². The molecular weight excluding hydrogens is 230 g/mol. The number of nitrogens with one attached hydrogen (secondary N) is 1. The Balaban J connectivity index is 2.07. The molecule has 1 heteroatoms. The molecule has 19 heavy (non-hydrogen) atoms. The average Bonchev–Trinajstić information content (AvgIpc) is 2.48. The van der Waals surface area contributed by atoms with Crippen LogP contribution in [-0.4, -0.2) is 6.54 Å². The highest BCUT2D eigenvalue weighted by Crippen LogP contribution is 2.34. The molecule has 2 aromatic carbocycles. The summed E-state index contributed by atoms with van der Waals surface area (Å²) in [5.41, 5.74) is 5.64. The van der Waals surface area contributed by atoms with Crippen molar-refractivity contribution >= 4 is 0 Å². The molecule has 0 fully saturated rings. The highest BCUT2D eigenvalue weighted by atomic mass is 14.9. The van der Waals surface area contributed by atoms with Crippen LogP contribution in [0.3, 0.4) is 0 Å². The van der Waals surface area contributed by atoms with E-state index in [0.29, 0.717) is 12.0 Å². The van der Waals surface area contributed by atoms with Crippen LogP contribution in [0.2, 0.25) is 0 Å². The summed E-state index contributed by atoms with van der Waals surface area (Å²) < 4.78 is 0. The summed E-state index contributed by atoms with van der Waals surface area (Å²) in [6.07, 6.45) is 1.15. The maximum atomic E-state index is 3.65. The van der Waals surface area contributed by atoms with Gasteiger partial charge in [0, 0.05) is 12.6 Å². The van der Waals surface area contributed by atoms with Gasteiger partial charge in [-0.05, 0) is 40.7 Å². The van der Waals surface area contributed by atoms with E-state index in [0.717, 1.165) is 13.0 Å². The molecule has 2 unspecified atom stereocenters. The Morgan fingerprint density at radius 2 is 1.79 bits per heavy atom. The van der Waals surface area contributed by atoms with Crippen LogP contribution in [-0.2, 0) is 0 Å². The first-order valence-corrected chi connectivity index (χ1v) is 7.22. The van der Waals surface area contributed by atoms with Crippen LogP contribution in [0.25, 0.3) is 11.1 Å². The summed E-state index contributed by atoms with van der Waals surface area (Å²) in [4.78, 5) is 0. The molecule has 3 rings (SSSR count). The van der Waals surface area contributed by atoms with E-state index >= 15 is 0 Å². The van der Waals surface area contributed by atoms with Crippen molar-refractivity contribution in [3.8, 4) is 11.1 Å². The Bertz CT molecular complexity index is 559. The molecule has 2 aromatic rings. The minimum Gasteiger partial charge on any atom is -0.309 e. The first-order chi connectivity index (χ1) is 9.29. The monoisotopic (exact) mass is 251 g/mol. The number of fused-ring (bicyclic) bond motifs is 1. The van der Waals surface area contributed by atoms with Crippen LogP contribution >= 0.6 is 0 Å². The molecule has 0 aromatic heterocycles. The fraction of sp³-hybridized carbons (Fsp3) is 0.333. The van der Waals surface area contributed by atoms with Crippen LogP contribution < -0.4 is 5.32 Å². The third-order valence-corrected chi connectivity index (χ3v) is 4.18. The normalized spacial score (nSPS) is 22.0. The van der Waals surface area contributed by atoms with Crippen LogP contribution in [0, 0.1) is 0 Å². The van der Waals surface area contributed by atoms with Crippen molar-refractivity contribution in [1.29, 1.82) is 0 Å². The van der Waals surface area contributed by atoms with Crippen molar-refractivity contribution in [1.82, 2.24) is 5.32 Å². The summed E-state index contributed by atoms with van der Waals surface area (Å²) in [5, 5.41) is 3.65. The lowest BCUT2D eigenvalue weighted by Gasteiger charge is -2.31. The Hall–Kier alpha value is -1.60. The smallest absolute Gasteiger partial charge is 0.0320 e. The predicted octanol–water partition coefficient (Wildman–Crippen LogP) is 4.51. The van der Waals surface area contributed by atoms with Gasteiger partial charge >= 0.3 is 0 Å². The van der Waals surface area contributed by atoms with Crippen LogP contribution in [0.15, 0.2) is 48.5 Å². The third kappa shape index (κ3) is 2.31. The molecule has 0 saturated carbocycles. The summed E-state index contributed by atoms with van der Waals surface area (Å²) in [6.45, 7) is 5.66. The summed E-state index contributed by atoms with van der Waals surface area (Å²) in [5.74, 6) is 0.614. The maximum Gasteiger partial charge on any atom is 0.0320 e. The molecule has 0 aliphatic carbocycles. The van der Waals surface area contributed by atoms with E-state index in [1.807, 2.05) is 0 Å². The van der Waals surface area contributed by atoms with Gasteiger partial charge in [-0.25, -0.2) is 0 Å². The van der Waals surface area contributed by atoms with Gasteiger partial charge in [0.1, 0.15) is 0 Å². The lowest BCUT2D eigenvalue weighted by atomic mass is 9.85. The van der Waals surface area contributed by atoms with Crippen molar-refractivity contribution in [3.05, 3.63) is 59.7 Å². The second-order valence-electron chi connectivity index (χ2n) is 5.48. The molecule has 0 bridgehead atoms. The van der Waals surface area contributed by atoms with Gasteiger partial charge in [-0.15, -0.1) is 0 Å². The zero-order valence-corrected chi connectivity index (χ0v) is 11.7. The fourth-order valence-corrected chi connectivity index (χ4v) is 3.04. The van der Waals surface area contributed by atoms with Crippen molar-refractivity contribution < 1.29 is 0 Å². The number of hydrogen-bond donors (Lipinski definition) is 1. The molecule has 0 saturated heterocycles. The van der Waals surface area contributed by atoms with E-state index in [2.05, 4.69) is 67.7 Å². The maximum absolute atomic E-state index is 3.65. The Morgan fingerprint density at radius 3 is 2.53 bits per heavy atom. The van der Waals surface area contributed by atoms with E-state index in [1.54, 1.807) is 0 Å². The number of rotatable bonds is 2. The molecule has 1 aliphatic rings. The van der Waals surface area contributed by atoms with Gasteiger partial charge in [0.15, 0.2) is 0 Å². The standard InChI is InChI=1S/C18H21N/c1-3-18-17-11-15(14-7-5-4-6-8-14)9-10-16(17)13(2)12-19-18/h4-11,13,18-19H,3,12H2,1-2H3. The highest BCUT2D eigenvalue weighted by molar-refractivity contribution is 5.65. The molecule has 0 spiro atoms. The van der Waals surface area contributed by atoms with Gasteiger partial charge in [-0.1, -0.05) is 56.3 Å². The average molecular weight is 251 g/mol. The van der Waals surface area contributed by atoms with Crippen molar-refractivity contribution in [3.63, 3.8) is 0 Å². The quantitative estimate of drug-likeness (QED) is 0.828. The Kier molecular flexibility index (Phi) is 3.39. The van der Waals surface area contributed by atoms with E-state index in [-0.39, 0.29) is 0 Å². The second-order valence-corrected chi connectivity index (χ2v) is 5.48. The van der Waals surface area contributed by atoms with Crippen LogP contribution in [0.5, 0.6) is 0 Å². The molecular formula is C18H21N. The second kappa shape index (κ2) is 5.18.